The first-order valence-corrected chi connectivity index (χ1v) is 7.26. The van der Waals surface area contributed by atoms with Gasteiger partial charge in [0.25, 0.3) is 0 Å². The first kappa shape index (κ1) is 15.5. The van der Waals surface area contributed by atoms with Gasteiger partial charge in [-0.3, -0.25) is 9.59 Å². The van der Waals surface area contributed by atoms with E-state index < -0.39 is 29.4 Å². The van der Waals surface area contributed by atoms with Crippen LogP contribution in [0.3, 0.4) is 0 Å². The molecule has 0 amide bonds. The third-order valence-corrected chi connectivity index (χ3v) is 4.23. The predicted octanol–water partition coefficient (Wildman–Crippen LogP) is 1.96. The number of allylic oxidation sites excluding steroid dienone is 1. The molecule has 0 radical (unpaired) electrons. The molecule has 1 saturated carbocycles. The van der Waals surface area contributed by atoms with Gasteiger partial charge in [-0.2, -0.15) is 0 Å². The Morgan fingerprint density at radius 2 is 2.33 bits per heavy atom. The topological polar surface area (TPSA) is 69.7 Å². The molecule has 0 aromatic rings. The van der Waals surface area contributed by atoms with Crippen molar-refractivity contribution in [2.75, 3.05) is 6.61 Å². The van der Waals surface area contributed by atoms with E-state index in [9.17, 15) is 14.4 Å². The lowest BCUT2D eigenvalue weighted by atomic mass is 9.61. The summed E-state index contributed by atoms with van der Waals surface area (Å²) in [5.41, 5.74) is -1.28. The summed E-state index contributed by atoms with van der Waals surface area (Å²) in [4.78, 5) is 36.4. The third kappa shape index (κ3) is 2.64. The van der Waals surface area contributed by atoms with Crippen LogP contribution >= 0.6 is 0 Å². The van der Waals surface area contributed by atoms with E-state index in [1.807, 2.05) is 0 Å². The molecular formula is C16H20O5. The van der Waals surface area contributed by atoms with Crippen LogP contribution in [-0.2, 0) is 23.9 Å². The van der Waals surface area contributed by atoms with Gasteiger partial charge >= 0.3 is 11.9 Å². The van der Waals surface area contributed by atoms with Gasteiger partial charge in [0, 0.05) is 18.4 Å². The summed E-state index contributed by atoms with van der Waals surface area (Å²) < 4.78 is 10.4. The molecule has 0 saturated heterocycles. The van der Waals surface area contributed by atoms with Crippen molar-refractivity contribution in [3.63, 3.8) is 0 Å². The molecule has 21 heavy (non-hydrogen) atoms. The minimum Gasteiger partial charge on any atom is -0.465 e. The van der Waals surface area contributed by atoms with Gasteiger partial charge in [0.1, 0.15) is 11.5 Å². The van der Waals surface area contributed by atoms with E-state index in [0.717, 1.165) is 0 Å². The zero-order valence-electron chi connectivity index (χ0n) is 12.2. The number of esters is 2. The first-order valence-electron chi connectivity index (χ1n) is 7.26. The van der Waals surface area contributed by atoms with Gasteiger partial charge in [-0.05, 0) is 32.3 Å². The summed E-state index contributed by atoms with van der Waals surface area (Å²) in [7, 11) is 0. The van der Waals surface area contributed by atoms with Gasteiger partial charge in [0.05, 0.1) is 6.61 Å². The maximum absolute atomic E-state index is 12.6. The second-order valence-corrected chi connectivity index (χ2v) is 5.37. The molecule has 3 atom stereocenters. The van der Waals surface area contributed by atoms with Crippen molar-refractivity contribution >= 4 is 17.7 Å². The molecule has 0 bridgehead atoms. The standard InChI is InChI=1S/C16H20O5/c1-3-10-16(15(19)20-4-2)11(6-5-7-13(16)17)12-8-9-14(18)21-12/h3,8-9,11-12H,1,4-7,10H2,2H3/t11-,12-,16+/m1/s1. The Kier molecular flexibility index (Phi) is 4.60. The van der Waals surface area contributed by atoms with Crippen molar-refractivity contribution < 1.29 is 23.9 Å². The van der Waals surface area contributed by atoms with E-state index in [1.54, 1.807) is 19.1 Å². The molecule has 1 aliphatic heterocycles. The van der Waals surface area contributed by atoms with E-state index in [-0.39, 0.29) is 18.8 Å². The normalized spacial score (nSPS) is 31.9. The maximum atomic E-state index is 12.6. The molecule has 0 aromatic heterocycles. The minimum absolute atomic E-state index is 0.145. The maximum Gasteiger partial charge on any atom is 0.331 e. The average molecular weight is 292 g/mol. The molecular weight excluding hydrogens is 272 g/mol. The van der Waals surface area contributed by atoms with Crippen molar-refractivity contribution in [1.29, 1.82) is 0 Å². The number of ketones is 1. The number of carbonyl (C=O) groups is 3. The molecule has 0 N–H and O–H groups in total. The summed E-state index contributed by atoms with van der Waals surface area (Å²) in [5, 5.41) is 0. The van der Waals surface area contributed by atoms with Gasteiger partial charge < -0.3 is 9.47 Å². The molecule has 2 rings (SSSR count). The monoisotopic (exact) mass is 292 g/mol. The Morgan fingerprint density at radius 1 is 1.57 bits per heavy atom. The lowest BCUT2D eigenvalue weighted by molar-refractivity contribution is -0.172. The number of carbonyl (C=O) groups excluding carboxylic acids is 3. The number of hydrogen-bond acceptors (Lipinski definition) is 5. The highest BCUT2D eigenvalue weighted by atomic mass is 16.6. The smallest absolute Gasteiger partial charge is 0.331 e. The van der Waals surface area contributed by atoms with Crippen LogP contribution in [-0.4, -0.2) is 30.4 Å². The van der Waals surface area contributed by atoms with E-state index >= 15 is 0 Å². The van der Waals surface area contributed by atoms with Crippen LogP contribution in [0.1, 0.15) is 32.6 Å². The Labute approximate surface area is 124 Å². The highest BCUT2D eigenvalue weighted by Gasteiger charge is 2.56. The molecule has 0 spiro atoms. The molecule has 1 heterocycles. The molecule has 5 nitrogen and oxygen atoms in total. The summed E-state index contributed by atoms with van der Waals surface area (Å²) in [6.07, 6.45) is 5.85. The Morgan fingerprint density at radius 3 is 2.90 bits per heavy atom. The number of rotatable bonds is 5. The van der Waals surface area contributed by atoms with Crippen molar-refractivity contribution in [2.24, 2.45) is 11.3 Å². The summed E-state index contributed by atoms with van der Waals surface area (Å²) >= 11 is 0. The minimum atomic E-state index is -1.28. The number of Topliss-reactive ketones (excluding diaryl/α,β-unsaturated/α-hetero) is 1. The van der Waals surface area contributed by atoms with Crippen LogP contribution in [0.2, 0.25) is 0 Å². The van der Waals surface area contributed by atoms with Gasteiger partial charge in [-0.1, -0.05) is 6.08 Å². The van der Waals surface area contributed by atoms with Gasteiger partial charge in [0.15, 0.2) is 5.78 Å². The average Bonchev–Trinajstić information content (AvgIpc) is 2.87. The van der Waals surface area contributed by atoms with Crippen molar-refractivity contribution in [3.05, 3.63) is 24.8 Å². The van der Waals surface area contributed by atoms with Crippen LogP contribution in [0, 0.1) is 11.3 Å². The van der Waals surface area contributed by atoms with Crippen LogP contribution in [0.25, 0.3) is 0 Å². The number of ether oxygens (including phenoxy) is 2. The molecule has 2 aliphatic rings. The summed E-state index contributed by atoms with van der Waals surface area (Å²) in [6.45, 7) is 5.58. The highest BCUT2D eigenvalue weighted by molar-refractivity contribution is 6.05. The summed E-state index contributed by atoms with van der Waals surface area (Å²) in [6, 6.07) is 0. The fourth-order valence-electron chi connectivity index (χ4n) is 3.31. The molecule has 0 unspecified atom stereocenters. The Bertz CT molecular complexity index is 493. The van der Waals surface area contributed by atoms with Crippen LogP contribution in [0.15, 0.2) is 24.8 Å². The van der Waals surface area contributed by atoms with Crippen LogP contribution < -0.4 is 0 Å². The summed E-state index contributed by atoms with van der Waals surface area (Å²) in [5.74, 6) is -1.50. The van der Waals surface area contributed by atoms with E-state index in [0.29, 0.717) is 19.3 Å². The molecule has 114 valence electrons. The largest absolute Gasteiger partial charge is 0.465 e. The third-order valence-electron chi connectivity index (χ3n) is 4.23. The van der Waals surface area contributed by atoms with E-state index in [1.165, 1.54) is 6.08 Å². The predicted molar refractivity (Wildman–Crippen MR) is 75.2 cm³/mol. The number of cyclic esters (lactones) is 1. The van der Waals surface area contributed by atoms with Crippen molar-refractivity contribution in [2.45, 2.75) is 38.7 Å². The van der Waals surface area contributed by atoms with Gasteiger partial charge in [-0.25, -0.2) is 4.79 Å². The van der Waals surface area contributed by atoms with Crippen molar-refractivity contribution in [1.82, 2.24) is 0 Å². The molecule has 0 aromatic carbocycles. The zero-order chi connectivity index (χ0) is 15.5. The van der Waals surface area contributed by atoms with Gasteiger partial charge in [0.2, 0.25) is 0 Å². The van der Waals surface area contributed by atoms with Crippen LogP contribution in [0.4, 0.5) is 0 Å². The van der Waals surface area contributed by atoms with E-state index in [4.69, 9.17) is 9.47 Å². The Hall–Kier alpha value is -1.91. The van der Waals surface area contributed by atoms with Gasteiger partial charge in [-0.15, -0.1) is 6.58 Å². The molecule has 1 aliphatic carbocycles. The second-order valence-electron chi connectivity index (χ2n) is 5.37. The fraction of sp³-hybridized carbons (Fsp3) is 0.562. The van der Waals surface area contributed by atoms with Crippen molar-refractivity contribution in [3.8, 4) is 0 Å². The highest BCUT2D eigenvalue weighted by Crippen LogP contribution is 2.46. The lowest BCUT2D eigenvalue weighted by Crippen LogP contribution is -2.52. The quantitative estimate of drug-likeness (QED) is 0.440. The lowest BCUT2D eigenvalue weighted by Gasteiger charge is -2.41. The van der Waals surface area contributed by atoms with E-state index in [2.05, 4.69) is 6.58 Å². The Balaban J connectivity index is 2.40. The first-order chi connectivity index (χ1) is 10.1. The SMILES string of the molecule is C=CC[C@@]1(C(=O)OCC)C(=O)CCC[C@@H]1[C@H]1C=CC(=O)O1. The molecule has 1 fully saturated rings. The van der Waals surface area contributed by atoms with Crippen LogP contribution in [0.5, 0.6) is 0 Å². The second kappa shape index (κ2) is 6.24. The number of hydrogen-bond donors (Lipinski definition) is 0. The molecule has 5 heteroatoms. The zero-order valence-corrected chi connectivity index (χ0v) is 12.2. The fourth-order valence-corrected chi connectivity index (χ4v) is 3.31.